The largest absolute Gasteiger partial charge is 0.489 e. The Morgan fingerprint density at radius 3 is 2.74 bits per heavy atom. The second-order valence-corrected chi connectivity index (χ2v) is 5.56. The van der Waals surface area contributed by atoms with Gasteiger partial charge in [-0.1, -0.05) is 40.7 Å². The van der Waals surface area contributed by atoms with Gasteiger partial charge in [-0.15, -0.1) is 0 Å². The minimum Gasteiger partial charge on any atom is -0.489 e. The lowest BCUT2D eigenvalue weighted by atomic mass is 10.0. The van der Waals surface area contributed by atoms with Crippen LogP contribution < -0.4 is 4.74 Å². The second-order valence-electron chi connectivity index (χ2n) is 4.64. The molecule has 0 aliphatic heterocycles. The van der Waals surface area contributed by atoms with Gasteiger partial charge in [-0.2, -0.15) is 10.5 Å². The van der Waals surface area contributed by atoms with Crippen molar-refractivity contribution in [2.75, 3.05) is 6.61 Å². The van der Waals surface area contributed by atoms with Crippen LogP contribution >= 0.6 is 15.9 Å². The molecule has 0 aliphatic rings. The summed E-state index contributed by atoms with van der Waals surface area (Å²) >= 11 is 3.42. The lowest BCUT2D eigenvalue weighted by molar-refractivity contribution is 0.362. The van der Waals surface area contributed by atoms with Gasteiger partial charge in [-0.05, 0) is 42.0 Å². The molecule has 112 valence electrons. The SMILES string of the molecule is C=CCOc1ccc(Br)cc1/C=C(/C#N)c1cccc(C#N)c1. The van der Waals surface area contributed by atoms with E-state index < -0.39 is 0 Å². The molecule has 23 heavy (non-hydrogen) atoms. The Balaban J connectivity index is 2.49. The summed E-state index contributed by atoms with van der Waals surface area (Å²) < 4.78 is 6.51. The number of benzene rings is 2. The maximum Gasteiger partial charge on any atom is 0.127 e. The Morgan fingerprint density at radius 1 is 1.22 bits per heavy atom. The zero-order valence-corrected chi connectivity index (χ0v) is 13.9. The average molecular weight is 365 g/mol. The molecular weight excluding hydrogens is 352 g/mol. The fourth-order valence-corrected chi connectivity index (χ4v) is 2.38. The van der Waals surface area contributed by atoms with E-state index in [2.05, 4.69) is 34.6 Å². The predicted octanol–water partition coefficient (Wildman–Crippen LogP) is 4.95. The Bertz CT molecular complexity index is 841. The van der Waals surface area contributed by atoms with Crippen LogP contribution in [0.3, 0.4) is 0 Å². The molecule has 2 aromatic rings. The van der Waals surface area contributed by atoms with Gasteiger partial charge < -0.3 is 4.74 Å². The molecule has 0 radical (unpaired) electrons. The van der Waals surface area contributed by atoms with E-state index in [0.29, 0.717) is 29.1 Å². The van der Waals surface area contributed by atoms with E-state index in [1.807, 2.05) is 18.2 Å². The van der Waals surface area contributed by atoms with E-state index in [0.717, 1.165) is 10.0 Å². The lowest BCUT2D eigenvalue weighted by Gasteiger charge is -2.09. The third-order valence-electron chi connectivity index (χ3n) is 3.05. The molecule has 0 amide bonds. The highest BCUT2D eigenvalue weighted by atomic mass is 79.9. The molecule has 0 bridgehead atoms. The van der Waals surface area contributed by atoms with E-state index in [4.69, 9.17) is 10.00 Å². The number of halogens is 1. The Kier molecular flexibility index (Phi) is 5.74. The third kappa shape index (κ3) is 4.32. The van der Waals surface area contributed by atoms with Crippen molar-refractivity contribution in [2.24, 2.45) is 0 Å². The fraction of sp³-hybridized carbons (Fsp3) is 0.0526. The van der Waals surface area contributed by atoms with Gasteiger partial charge in [0, 0.05) is 10.0 Å². The highest BCUT2D eigenvalue weighted by Gasteiger charge is 2.07. The first-order valence-electron chi connectivity index (χ1n) is 6.83. The van der Waals surface area contributed by atoms with Crippen LogP contribution in [0.4, 0.5) is 0 Å². The van der Waals surface area contributed by atoms with E-state index in [9.17, 15) is 5.26 Å². The topological polar surface area (TPSA) is 56.8 Å². The molecule has 0 spiro atoms. The van der Waals surface area contributed by atoms with Crippen molar-refractivity contribution in [1.82, 2.24) is 0 Å². The van der Waals surface area contributed by atoms with Crippen LogP contribution in [0.2, 0.25) is 0 Å². The Morgan fingerprint density at radius 2 is 2.04 bits per heavy atom. The van der Waals surface area contributed by atoms with Crippen molar-refractivity contribution in [3.05, 3.63) is 76.3 Å². The molecule has 0 saturated heterocycles. The minimum atomic E-state index is 0.383. The first-order chi connectivity index (χ1) is 11.2. The molecule has 0 aliphatic carbocycles. The molecular formula is C19H13BrN2O. The van der Waals surface area contributed by atoms with E-state index in [1.165, 1.54) is 0 Å². The summed E-state index contributed by atoms with van der Waals surface area (Å²) in [5.41, 5.74) is 2.45. The van der Waals surface area contributed by atoms with Gasteiger partial charge >= 0.3 is 0 Å². The summed E-state index contributed by atoms with van der Waals surface area (Å²) in [6, 6.07) is 16.8. The standard InChI is InChI=1S/C19H13BrN2O/c1-2-8-23-19-7-6-18(20)11-16(19)10-17(13-22)15-5-3-4-14(9-15)12-21/h2-7,9-11H,1,8H2/b17-10-. The van der Waals surface area contributed by atoms with Crippen LogP contribution in [0, 0.1) is 22.7 Å². The van der Waals surface area contributed by atoms with E-state index in [-0.39, 0.29) is 0 Å². The first-order valence-corrected chi connectivity index (χ1v) is 7.63. The summed E-state index contributed by atoms with van der Waals surface area (Å²) in [7, 11) is 0. The van der Waals surface area contributed by atoms with Gasteiger partial charge in [-0.25, -0.2) is 0 Å². The maximum atomic E-state index is 9.47. The molecule has 0 fully saturated rings. The monoisotopic (exact) mass is 364 g/mol. The third-order valence-corrected chi connectivity index (χ3v) is 3.54. The zero-order chi connectivity index (χ0) is 16.7. The summed E-state index contributed by atoms with van der Waals surface area (Å²) in [4.78, 5) is 0. The van der Waals surface area contributed by atoms with Gasteiger partial charge in [0.2, 0.25) is 0 Å². The van der Waals surface area contributed by atoms with E-state index >= 15 is 0 Å². The molecule has 0 aromatic heterocycles. The first kappa shape index (κ1) is 16.5. The number of hydrogen-bond donors (Lipinski definition) is 0. The molecule has 0 unspecified atom stereocenters. The number of hydrogen-bond acceptors (Lipinski definition) is 3. The quantitative estimate of drug-likeness (QED) is 0.428. The van der Waals surface area contributed by atoms with Crippen LogP contribution in [0.25, 0.3) is 11.6 Å². The van der Waals surface area contributed by atoms with Crippen LogP contribution in [0.5, 0.6) is 5.75 Å². The number of rotatable bonds is 5. The molecule has 0 heterocycles. The zero-order valence-electron chi connectivity index (χ0n) is 12.3. The molecule has 0 saturated carbocycles. The van der Waals surface area contributed by atoms with Crippen molar-refractivity contribution in [3.8, 4) is 17.9 Å². The number of allylic oxidation sites excluding steroid dienone is 1. The molecule has 3 nitrogen and oxygen atoms in total. The highest BCUT2D eigenvalue weighted by Crippen LogP contribution is 2.28. The summed E-state index contributed by atoms with van der Waals surface area (Å²) in [5.74, 6) is 0.664. The van der Waals surface area contributed by atoms with Crippen LogP contribution in [-0.2, 0) is 0 Å². The minimum absolute atomic E-state index is 0.383. The van der Waals surface area contributed by atoms with Crippen molar-refractivity contribution in [3.63, 3.8) is 0 Å². The summed E-state index contributed by atoms with van der Waals surface area (Å²) in [5, 5.41) is 18.5. The van der Waals surface area contributed by atoms with Crippen molar-refractivity contribution in [1.29, 1.82) is 10.5 Å². The molecule has 4 heteroatoms. The molecule has 0 N–H and O–H groups in total. The predicted molar refractivity (Wildman–Crippen MR) is 94.5 cm³/mol. The Labute approximate surface area is 143 Å². The maximum absolute atomic E-state index is 9.47. The van der Waals surface area contributed by atoms with Gasteiger partial charge in [0.15, 0.2) is 0 Å². The number of ether oxygens (including phenoxy) is 1. The normalized spacial score (nSPS) is 10.5. The molecule has 0 atom stereocenters. The van der Waals surface area contributed by atoms with Gasteiger partial charge in [0.05, 0.1) is 23.3 Å². The smallest absolute Gasteiger partial charge is 0.127 e. The van der Waals surface area contributed by atoms with Crippen molar-refractivity contribution >= 4 is 27.6 Å². The van der Waals surface area contributed by atoms with Gasteiger partial charge in [-0.3, -0.25) is 0 Å². The van der Waals surface area contributed by atoms with Crippen molar-refractivity contribution < 1.29 is 4.74 Å². The van der Waals surface area contributed by atoms with Crippen LogP contribution in [0.1, 0.15) is 16.7 Å². The number of nitriles is 2. The van der Waals surface area contributed by atoms with E-state index in [1.54, 1.807) is 36.4 Å². The van der Waals surface area contributed by atoms with Gasteiger partial charge in [0.1, 0.15) is 12.4 Å². The fourth-order valence-electron chi connectivity index (χ4n) is 2.00. The van der Waals surface area contributed by atoms with Crippen LogP contribution in [-0.4, -0.2) is 6.61 Å². The summed E-state index contributed by atoms with van der Waals surface area (Å²) in [6.45, 7) is 4.02. The molecule has 2 aromatic carbocycles. The lowest BCUT2D eigenvalue weighted by Crippen LogP contribution is -1.95. The van der Waals surface area contributed by atoms with Gasteiger partial charge in [0.25, 0.3) is 0 Å². The van der Waals surface area contributed by atoms with Crippen LogP contribution in [0.15, 0.2) is 59.6 Å². The second kappa shape index (κ2) is 7.98. The summed E-state index contributed by atoms with van der Waals surface area (Å²) in [6.07, 6.45) is 3.41. The van der Waals surface area contributed by atoms with Crippen molar-refractivity contribution in [2.45, 2.75) is 0 Å². The Hall–Kier alpha value is -2.82. The highest BCUT2D eigenvalue weighted by molar-refractivity contribution is 9.10. The average Bonchev–Trinajstić information content (AvgIpc) is 2.59. The molecule has 2 rings (SSSR count). The number of nitrogens with zero attached hydrogens (tertiary/aromatic N) is 2.